The maximum absolute atomic E-state index is 13.4. The molecule has 0 aliphatic heterocycles. The number of carbonyl (C=O) groups is 1. The van der Waals surface area contributed by atoms with Crippen LogP contribution in [0.1, 0.15) is 5.56 Å². The van der Waals surface area contributed by atoms with Crippen molar-refractivity contribution in [1.29, 1.82) is 0 Å². The lowest BCUT2D eigenvalue weighted by Crippen LogP contribution is -2.39. The van der Waals surface area contributed by atoms with E-state index in [1.54, 1.807) is 31.4 Å². The Hall–Kier alpha value is -3.10. The Kier molecular flexibility index (Phi) is 7.71. The summed E-state index contributed by atoms with van der Waals surface area (Å²) in [5.74, 6) is -0.0417. The summed E-state index contributed by atoms with van der Waals surface area (Å²) in [5, 5.41) is 3.14. The molecule has 0 aromatic heterocycles. The van der Waals surface area contributed by atoms with Gasteiger partial charge in [0.2, 0.25) is 5.91 Å². The highest BCUT2D eigenvalue weighted by Gasteiger charge is 2.25. The minimum atomic E-state index is -3.96. The average molecular weight is 477 g/mol. The number of nitrogens with one attached hydrogen (secondary N) is 1. The summed E-state index contributed by atoms with van der Waals surface area (Å²) in [5.41, 5.74) is 1.08. The van der Waals surface area contributed by atoms with Gasteiger partial charge in [-0.15, -0.1) is 0 Å². The molecule has 0 spiro atoms. The first-order chi connectivity index (χ1) is 15.3. The zero-order valence-corrected chi connectivity index (χ0v) is 18.9. The normalized spacial score (nSPS) is 11.1. The van der Waals surface area contributed by atoms with Crippen LogP contribution in [0.25, 0.3) is 0 Å². The summed E-state index contributed by atoms with van der Waals surface area (Å²) in [6.07, 6.45) is 0.143. The van der Waals surface area contributed by atoms with E-state index in [0.29, 0.717) is 10.8 Å². The predicted octanol–water partition coefficient (Wildman–Crippen LogP) is 4.04. The van der Waals surface area contributed by atoms with Crippen LogP contribution in [0, 0.1) is 5.82 Å². The van der Waals surface area contributed by atoms with Crippen LogP contribution in [0.2, 0.25) is 5.02 Å². The van der Waals surface area contributed by atoms with Gasteiger partial charge in [-0.25, -0.2) is 12.8 Å². The van der Waals surface area contributed by atoms with E-state index in [4.69, 9.17) is 16.3 Å². The summed E-state index contributed by atoms with van der Waals surface area (Å²) < 4.78 is 46.0. The third kappa shape index (κ3) is 5.99. The molecule has 0 bridgehead atoms. The summed E-state index contributed by atoms with van der Waals surface area (Å²) in [4.78, 5) is 12.3. The van der Waals surface area contributed by atoms with Crippen LogP contribution in [0.15, 0.2) is 77.7 Å². The Morgan fingerprint density at radius 1 is 1.00 bits per heavy atom. The third-order valence-corrected chi connectivity index (χ3v) is 6.77. The smallest absolute Gasteiger partial charge is 0.264 e. The van der Waals surface area contributed by atoms with Gasteiger partial charge >= 0.3 is 0 Å². The van der Waals surface area contributed by atoms with Gasteiger partial charge in [-0.2, -0.15) is 0 Å². The SMILES string of the molecule is COc1ccc(CC(=O)NCCN(c2ccc(F)cc2)S(=O)(=O)c2ccc(Cl)cc2)cc1. The fourth-order valence-corrected chi connectivity index (χ4v) is 4.61. The van der Waals surface area contributed by atoms with Crippen molar-refractivity contribution in [2.45, 2.75) is 11.3 Å². The van der Waals surface area contributed by atoms with Crippen molar-refractivity contribution in [2.75, 3.05) is 24.5 Å². The highest BCUT2D eigenvalue weighted by atomic mass is 35.5. The highest BCUT2D eigenvalue weighted by molar-refractivity contribution is 7.92. The number of hydrogen-bond donors (Lipinski definition) is 1. The molecule has 1 amide bonds. The molecule has 168 valence electrons. The molecule has 0 aliphatic rings. The minimum absolute atomic E-state index is 0.0368. The molecule has 0 radical (unpaired) electrons. The first kappa shape index (κ1) is 23.6. The molecule has 3 rings (SSSR count). The van der Waals surface area contributed by atoms with Crippen molar-refractivity contribution in [1.82, 2.24) is 5.32 Å². The van der Waals surface area contributed by atoms with Crippen molar-refractivity contribution in [3.63, 3.8) is 0 Å². The molecule has 0 unspecified atom stereocenters. The van der Waals surface area contributed by atoms with Crippen molar-refractivity contribution < 1.29 is 22.3 Å². The molecule has 9 heteroatoms. The molecule has 6 nitrogen and oxygen atoms in total. The van der Waals surface area contributed by atoms with Crippen LogP contribution >= 0.6 is 11.6 Å². The largest absolute Gasteiger partial charge is 0.497 e. The van der Waals surface area contributed by atoms with Gasteiger partial charge in [0.05, 0.1) is 30.7 Å². The molecule has 0 heterocycles. The standard InChI is InChI=1S/C23H22ClFN2O4S/c1-31-21-10-2-17(3-11-21)16-23(28)26-14-15-27(20-8-6-19(25)7-9-20)32(29,30)22-12-4-18(24)5-13-22/h2-13H,14-16H2,1H3,(H,26,28). The average Bonchev–Trinajstić information content (AvgIpc) is 2.78. The minimum Gasteiger partial charge on any atom is -0.497 e. The predicted molar refractivity (Wildman–Crippen MR) is 122 cm³/mol. The van der Waals surface area contributed by atoms with E-state index >= 15 is 0 Å². The van der Waals surface area contributed by atoms with E-state index in [-0.39, 0.29) is 36.0 Å². The Labute approximate surface area is 191 Å². The number of hydrogen-bond acceptors (Lipinski definition) is 4. The molecule has 0 fully saturated rings. The Morgan fingerprint density at radius 2 is 1.62 bits per heavy atom. The zero-order chi connectivity index (χ0) is 23.1. The number of methoxy groups -OCH3 is 1. The summed E-state index contributed by atoms with van der Waals surface area (Å²) >= 11 is 5.87. The summed E-state index contributed by atoms with van der Waals surface area (Å²) in [6.45, 7) is 0.0319. The second kappa shape index (κ2) is 10.5. The number of rotatable bonds is 9. The van der Waals surface area contributed by atoms with E-state index in [0.717, 1.165) is 9.87 Å². The number of ether oxygens (including phenoxy) is 1. The molecule has 1 N–H and O–H groups in total. The highest BCUT2D eigenvalue weighted by Crippen LogP contribution is 2.24. The van der Waals surface area contributed by atoms with Gasteiger partial charge in [-0.3, -0.25) is 9.10 Å². The second-order valence-electron chi connectivity index (χ2n) is 6.88. The molecule has 0 saturated heterocycles. The monoisotopic (exact) mass is 476 g/mol. The van der Waals surface area contributed by atoms with Gasteiger partial charge in [0.1, 0.15) is 11.6 Å². The molecular formula is C23H22ClFN2O4S. The number of halogens is 2. The number of carbonyl (C=O) groups excluding carboxylic acids is 1. The quantitative estimate of drug-likeness (QED) is 0.505. The fraction of sp³-hybridized carbons (Fsp3) is 0.174. The van der Waals surface area contributed by atoms with E-state index in [9.17, 15) is 17.6 Å². The Balaban J connectivity index is 1.72. The number of nitrogens with zero attached hydrogens (tertiary/aromatic N) is 1. The van der Waals surface area contributed by atoms with Crippen LogP contribution in [0.3, 0.4) is 0 Å². The van der Waals surface area contributed by atoms with Crippen molar-refractivity contribution in [2.24, 2.45) is 0 Å². The molecule has 32 heavy (non-hydrogen) atoms. The summed E-state index contributed by atoms with van der Waals surface area (Å²) in [7, 11) is -2.40. The maximum Gasteiger partial charge on any atom is 0.264 e. The Morgan fingerprint density at radius 3 is 2.22 bits per heavy atom. The van der Waals surface area contributed by atoms with E-state index < -0.39 is 15.8 Å². The molecular weight excluding hydrogens is 455 g/mol. The van der Waals surface area contributed by atoms with Crippen molar-refractivity contribution >= 4 is 33.2 Å². The van der Waals surface area contributed by atoms with Gasteiger partial charge in [0.25, 0.3) is 10.0 Å². The maximum atomic E-state index is 13.4. The second-order valence-corrected chi connectivity index (χ2v) is 9.18. The zero-order valence-electron chi connectivity index (χ0n) is 17.3. The van der Waals surface area contributed by atoms with Crippen LogP contribution in [0.5, 0.6) is 5.75 Å². The molecule has 3 aromatic rings. The molecule has 0 atom stereocenters. The van der Waals surface area contributed by atoms with E-state index in [1.807, 2.05) is 0 Å². The van der Waals surface area contributed by atoms with Crippen LogP contribution in [-0.4, -0.2) is 34.5 Å². The summed E-state index contributed by atoms with van der Waals surface area (Å²) in [6, 6.07) is 18.0. The van der Waals surface area contributed by atoms with Crippen LogP contribution < -0.4 is 14.4 Å². The molecule has 3 aromatic carbocycles. The third-order valence-electron chi connectivity index (χ3n) is 4.68. The van der Waals surface area contributed by atoms with Crippen LogP contribution in [0.4, 0.5) is 10.1 Å². The lowest BCUT2D eigenvalue weighted by atomic mass is 10.1. The lowest BCUT2D eigenvalue weighted by Gasteiger charge is -2.25. The fourth-order valence-electron chi connectivity index (χ4n) is 3.02. The molecule has 0 saturated carbocycles. The first-order valence-electron chi connectivity index (χ1n) is 9.73. The van der Waals surface area contributed by atoms with Crippen molar-refractivity contribution in [3.8, 4) is 5.75 Å². The first-order valence-corrected chi connectivity index (χ1v) is 11.5. The van der Waals surface area contributed by atoms with E-state index in [2.05, 4.69) is 5.32 Å². The topological polar surface area (TPSA) is 75.7 Å². The van der Waals surface area contributed by atoms with Gasteiger partial charge in [0, 0.05) is 11.6 Å². The number of benzene rings is 3. The molecule has 0 aliphatic carbocycles. The van der Waals surface area contributed by atoms with Gasteiger partial charge in [-0.05, 0) is 66.2 Å². The van der Waals surface area contributed by atoms with Gasteiger partial charge < -0.3 is 10.1 Å². The Bertz CT molecular complexity index is 1150. The number of sulfonamides is 1. The van der Waals surface area contributed by atoms with Gasteiger partial charge in [0.15, 0.2) is 0 Å². The number of anilines is 1. The number of amides is 1. The van der Waals surface area contributed by atoms with Crippen LogP contribution in [-0.2, 0) is 21.2 Å². The van der Waals surface area contributed by atoms with E-state index in [1.165, 1.54) is 48.5 Å². The van der Waals surface area contributed by atoms with Gasteiger partial charge in [-0.1, -0.05) is 23.7 Å². The lowest BCUT2D eigenvalue weighted by molar-refractivity contribution is -0.120. The van der Waals surface area contributed by atoms with Crippen molar-refractivity contribution in [3.05, 3.63) is 89.2 Å².